The highest BCUT2D eigenvalue weighted by molar-refractivity contribution is 6.31. The van der Waals surface area contributed by atoms with Crippen LogP contribution in [0.3, 0.4) is 0 Å². The van der Waals surface area contributed by atoms with Crippen LogP contribution in [0, 0.1) is 5.92 Å². The number of amides is 2. The molecule has 0 saturated heterocycles. The normalized spacial score (nSPS) is 14.3. The number of benzene rings is 2. The third-order valence-corrected chi connectivity index (χ3v) is 7.01. The van der Waals surface area contributed by atoms with Gasteiger partial charge in [-0.1, -0.05) is 30.2 Å². The van der Waals surface area contributed by atoms with Gasteiger partial charge < -0.3 is 23.7 Å². The molecule has 2 amide bonds. The zero-order valence-electron chi connectivity index (χ0n) is 20.3. The van der Waals surface area contributed by atoms with Crippen LogP contribution >= 0.6 is 11.6 Å². The van der Waals surface area contributed by atoms with Gasteiger partial charge >= 0.3 is 0 Å². The minimum absolute atomic E-state index is 0.00237. The summed E-state index contributed by atoms with van der Waals surface area (Å²) < 4.78 is 16.5. The first kappa shape index (κ1) is 24.9. The summed E-state index contributed by atoms with van der Waals surface area (Å²) in [6, 6.07) is 10.3. The van der Waals surface area contributed by atoms with E-state index in [-0.39, 0.29) is 56.1 Å². The Kier molecular flexibility index (Phi) is 7.19. The van der Waals surface area contributed by atoms with Crippen molar-refractivity contribution in [1.29, 1.82) is 0 Å². The fourth-order valence-electron chi connectivity index (χ4n) is 4.52. The van der Waals surface area contributed by atoms with E-state index in [4.69, 9.17) is 25.5 Å². The van der Waals surface area contributed by atoms with Crippen LogP contribution in [0.1, 0.15) is 30.4 Å². The SMILES string of the molecule is C=CCN(CC(=O)N(Cc1ccc2c(c1)OCO2)Cc1coc2ccc(Cl)cc2c1=O)C(=O)C1CCC1. The highest BCUT2D eigenvalue weighted by Crippen LogP contribution is 2.33. The maximum absolute atomic E-state index is 13.6. The molecule has 9 heteroatoms. The fraction of sp³-hybridized carbons (Fsp3) is 0.321. The molecule has 2 aliphatic rings. The topological polar surface area (TPSA) is 89.3 Å². The van der Waals surface area contributed by atoms with Crippen molar-refractivity contribution < 1.29 is 23.5 Å². The summed E-state index contributed by atoms with van der Waals surface area (Å²) in [6.45, 7) is 4.24. The van der Waals surface area contributed by atoms with Gasteiger partial charge in [0.15, 0.2) is 16.9 Å². The summed E-state index contributed by atoms with van der Waals surface area (Å²) in [5, 5.41) is 0.758. The molecule has 0 bridgehead atoms. The minimum Gasteiger partial charge on any atom is -0.464 e. The largest absolute Gasteiger partial charge is 0.464 e. The fourth-order valence-corrected chi connectivity index (χ4v) is 4.69. The van der Waals surface area contributed by atoms with Crippen LogP contribution in [0.15, 0.2) is 64.5 Å². The minimum atomic E-state index is -0.294. The van der Waals surface area contributed by atoms with Crippen LogP contribution in [0.2, 0.25) is 5.02 Å². The highest BCUT2D eigenvalue weighted by atomic mass is 35.5. The zero-order valence-corrected chi connectivity index (χ0v) is 21.0. The summed E-state index contributed by atoms with van der Waals surface area (Å²) in [6.07, 6.45) is 5.68. The molecule has 0 unspecified atom stereocenters. The number of hydrogen-bond acceptors (Lipinski definition) is 6. The molecule has 0 radical (unpaired) electrons. The summed E-state index contributed by atoms with van der Waals surface area (Å²) >= 11 is 6.10. The molecule has 1 aromatic heterocycles. The van der Waals surface area contributed by atoms with Crippen molar-refractivity contribution in [1.82, 2.24) is 9.80 Å². The zero-order chi connectivity index (χ0) is 25.9. The lowest BCUT2D eigenvalue weighted by molar-refractivity contribution is -0.144. The first-order valence-electron chi connectivity index (χ1n) is 12.2. The summed E-state index contributed by atoms with van der Waals surface area (Å²) in [4.78, 5) is 42.9. The molecule has 0 N–H and O–H groups in total. The molecule has 1 aliphatic heterocycles. The molecule has 192 valence electrons. The first-order chi connectivity index (χ1) is 17.9. The van der Waals surface area contributed by atoms with Crippen molar-refractivity contribution in [3.8, 4) is 11.5 Å². The molecule has 1 fully saturated rings. The van der Waals surface area contributed by atoms with E-state index in [1.807, 2.05) is 12.1 Å². The monoisotopic (exact) mass is 522 g/mol. The van der Waals surface area contributed by atoms with E-state index in [0.717, 1.165) is 24.8 Å². The Morgan fingerprint density at radius 3 is 2.62 bits per heavy atom. The molecule has 8 nitrogen and oxygen atoms in total. The lowest BCUT2D eigenvalue weighted by Crippen LogP contribution is -2.46. The molecule has 2 heterocycles. The van der Waals surface area contributed by atoms with E-state index in [9.17, 15) is 14.4 Å². The molecule has 1 aliphatic carbocycles. The number of halogens is 1. The van der Waals surface area contributed by atoms with Gasteiger partial charge in [0.25, 0.3) is 0 Å². The van der Waals surface area contributed by atoms with Gasteiger partial charge in [-0.05, 0) is 48.7 Å². The summed E-state index contributed by atoms with van der Waals surface area (Å²) in [5.74, 6) is 0.850. The molecular weight excluding hydrogens is 496 g/mol. The number of hydrogen-bond donors (Lipinski definition) is 0. The molecule has 37 heavy (non-hydrogen) atoms. The Hall–Kier alpha value is -3.78. The van der Waals surface area contributed by atoms with Gasteiger partial charge in [-0.2, -0.15) is 0 Å². The highest BCUT2D eigenvalue weighted by Gasteiger charge is 2.31. The Morgan fingerprint density at radius 1 is 1.05 bits per heavy atom. The lowest BCUT2D eigenvalue weighted by atomic mass is 9.84. The standard InChI is InChI=1S/C28H27ClN2O6/c1-2-10-30(28(34)19-4-3-5-19)15-26(32)31(13-18-6-8-24-25(11-18)37-17-36-24)14-20-16-35-23-9-7-21(29)12-22(23)27(20)33/h2,6-9,11-12,16,19H,1,3-5,10,13-15,17H2. The average Bonchev–Trinajstić information content (AvgIpc) is 3.32. The predicted molar refractivity (Wildman–Crippen MR) is 138 cm³/mol. The third-order valence-electron chi connectivity index (χ3n) is 6.77. The second kappa shape index (κ2) is 10.7. The molecule has 2 aromatic carbocycles. The number of carbonyl (C=O) groups is 2. The van der Waals surface area contributed by atoms with Crippen LogP contribution in [0.4, 0.5) is 0 Å². The van der Waals surface area contributed by atoms with Gasteiger partial charge in [0.2, 0.25) is 18.6 Å². The van der Waals surface area contributed by atoms with Crippen LogP contribution < -0.4 is 14.9 Å². The van der Waals surface area contributed by atoms with Gasteiger partial charge in [0.1, 0.15) is 12.1 Å². The Labute approximate surface area is 219 Å². The Morgan fingerprint density at radius 2 is 1.86 bits per heavy atom. The molecule has 1 saturated carbocycles. The maximum atomic E-state index is 13.6. The number of nitrogens with zero attached hydrogens (tertiary/aromatic N) is 2. The smallest absolute Gasteiger partial charge is 0.242 e. The van der Waals surface area contributed by atoms with E-state index < -0.39 is 0 Å². The van der Waals surface area contributed by atoms with Crippen LogP contribution in [-0.4, -0.2) is 41.5 Å². The van der Waals surface area contributed by atoms with Gasteiger partial charge in [-0.15, -0.1) is 6.58 Å². The molecule has 5 rings (SSSR count). The molecule has 0 atom stereocenters. The van der Waals surface area contributed by atoms with Crippen molar-refractivity contribution in [2.24, 2.45) is 5.92 Å². The predicted octanol–water partition coefficient (Wildman–Crippen LogP) is 4.52. The maximum Gasteiger partial charge on any atom is 0.242 e. The van der Waals surface area contributed by atoms with Gasteiger partial charge in [-0.25, -0.2) is 0 Å². The average molecular weight is 523 g/mol. The summed E-state index contributed by atoms with van der Waals surface area (Å²) in [5.41, 5.74) is 1.26. The molecule has 3 aromatic rings. The van der Waals surface area contributed by atoms with E-state index in [2.05, 4.69) is 6.58 Å². The molecular formula is C28H27ClN2O6. The second-order valence-electron chi connectivity index (χ2n) is 9.30. The van der Waals surface area contributed by atoms with E-state index in [1.54, 1.807) is 35.2 Å². The van der Waals surface area contributed by atoms with Crippen LogP contribution in [-0.2, 0) is 22.7 Å². The first-order valence-corrected chi connectivity index (χ1v) is 12.6. The quantitative estimate of drug-likeness (QED) is 0.384. The van der Waals surface area contributed by atoms with Crippen molar-refractivity contribution in [2.45, 2.75) is 32.4 Å². The molecule has 0 spiro atoms. The van der Waals surface area contributed by atoms with Gasteiger partial charge in [-0.3, -0.25) is 14.4 Å². The van der Waals surface area contributed by atoms with Gasteiger partial charge in [0, 0.05) is 24.0 Å². The number of fused-ring (bicyclic) bond motifs is 2. The number of rotatable bonds is 9. The van der Waals surface area contributed by atoms with Crippen molar-refractivity contribution in [3.63, 3.8) is 0 Å². The Bertz CT molecular complexity index is 1410. The van der Waals surface area contributed by atoms with Gasteiger partial charge in [0.05, 0.1) is 23.8 Å². The van der Waals surface area contributed by atoms with Crippen LogP contribution in [0.25, 0.3) is 11.0 Å². The number of ether oxygens (including phenoxy) is 2. The third kappa shape index (κ3) is 5.34. The van der Waals surface area contributed by atoms with Crippen LogP contribution in [0.5, 0.6) is 11.5 Å². The lowest BCUT2D eigenvalue weighted by Gasteiger charge is -2.32. The second-order valence-corrected chi connectivity index (χ2v) is 9.74. The summed E-state index contributed by atoms with van der Waals surface area (Å²) in [7, 11) is 0. The van der Waals surface area contributed by atoms with Crippen molar-refractivity contribution in [2.75, 3.05) is 19.9 Å². The van der Waals surface area contributed by atoms with E-state index in [1.165, 1.54) is 11.2 Å². The van der Waals surface area contributed by atoms with E-state index >= 15 is 0 Å². The van der Waals surface area contributed by atoms with E-state index in [0.29, 0.717) is 33.1 Å². The number of carbonyl (C=O) groups excluding carboxylic acids is 2. The Balaban J connectivity index is 1.43. The van der Waals surface area contributed by atoms with Crippen molar-refractivity contribution in [3.05, 3.63) is 81.7 Å². The van der Waals surface area contributed by atoms with Crippen molar-refractivity contribution >= 4 is 34.4 Å².